The lowest BCUT2D eigenvalue weighted by atomic mass is 9.87. The van der Waals surface area contributed by atoms with Crippen molar-refractivity contribution in [3.63, 3.8) is 0 Å². The number of methoxy groups -OCH3 is 1. The molecule has 0 bridgehead atoms. The average molecular weight is 343 g/mol. The van der Waals surface area contributed by atoms with Crippen LogP contribution in [-0.4, -0.2) is 24.0 Å². The molecule has 1 aromatic heterocycles. The van der Waals surface area contributed by atoms with E-state index < -0.39 is 6.04 Å². The molecule has 1 atom stereocenters. The highest BCUT2D eigenvalue weighted by atomic mass is 16.5. The van der Waals surface area contributed by atoms with E-state index in [9.17, 15) is 4.79 Å². The predicted molar refractivity (Wildman–Crippen MR) is 98.1 cm³/mol. The fourth-order valence-electron chi connectivity index (χ4n) is 2.11. The third-order valence-electron chi connectivity index (χ3n) is 3.82. The number of pyridine rings is 1. The lowest BCUT2D eigenvalue weighted by Gasteiger charge is -2.25. The van der Waals surface area contributed by atoms with Crippen molar-refractivity contribution >= 4 is 11.6 Å². The van der Waals surface area contributed by atoms with E-state index in [0.717, 1.165) is 11.3 Å². The molecule has 2 rings (SSSR count). The molecule has 2 aromatic rings. The van der Waals surface area contributed by atoms with E-state index in [1.807, 2.05) is 39.8 Å². The van der Waals surface area contributed by atoms with Crippen LogP contribution >= 0.6 is 0 Å². The maximum Gasteiger partial charge on any atom is 0.241 e. The molecule has 134 valence electrons. The summed E-state index contributed by atoms with van der Waals surface area (Å²) < 4.78 is 11.0. The smallest absolute Gasteiger partial charge is 0.241 e. The van der Waals surface area contributed by atoms with Gasteiger partial charge in [0.15, 0.2) is 0 Å². The highest BCUT2D eigenvalue weighted by molar-refractivity contribution is 5.95. The van der Waals surface area contributed by atoms with Crippen LogP contribution in [0.4, 0.5) is 5.69 Å². The first-order valence-electron chi connectivity index (χ1n) is 8.05. The summed E-state index contributed by atoms with van der Waals surface area (Å²) in [4.78, 5) is 16.3. The van der Waals surface area contributed by atoms with E-state index in [1.54, 1.807) is 25.3 Å². The summed E-state index contributed by atoms with van der Waals surface area (Å²) in [5.74, 6) is 1.55. The van der Waals surface area contributed by atoms with Crippen molar-refractivity contribution in [2.45, 2.75) is 33.7 Å². The molecule has 1 heterocycles. The Labute approximate surface area is 148 Å². The Morgan fingerprint density at radius 3 is 2.52 bits per heavy atom. The van der Waals surface area contributed by atoms with Crippen LogP contribution in [0.3, 0.4) is 0 Å². The molecule has 0 spiro atoms. The lowest BCUT2D eigenvalue weighted by molar-refractivity contribution is -0.119. The van der Waals surface area contributed by atoms with Gasteiger partial charge >= 0.3 is 0 Å². The van der Waals surface area contributed by atoms with Crippen molar-refractivity contribution in [1.29, 1.82) is 0 Å². The van der Waals surface area contributed by atoms with E-state index in [0.29, 0.717) is 17.3 Å². The van der Waals surface area contributed by atoms with Crippen LogP contribution in [-0.2, 0) is 4.79 Å². The number of anilines is 1. The van der Waals surface area contributed by atoms with Gasteiger partial charge in [-0.25, -0.2) is 4.98 Å². The summed E-state index contributed by atoms with van der Waals surface area (Å²) in [5, 5.41) is 2.76. The van der Waals surface area contributed by atoms with Crippen molar-refractivity contribution in [2.75, 3.05) is 12.4 Å². The number of aromatic nitrogens is 1. The van der Waals surface area contributed by atoms with Gasteiger partial charge in [-0.15, -0.1) is 0 Å². The number of rotatable bonds is 5. The molecule has 0 aliphatic carbocycles. The fraction of sp³-hybridized carbons (Fsp3) is 0.368. The third kappa shape index (κ3) is 4.93. The Kier molecular flexibility index (Phi) is 5.64. The summed E-state index contributed by atoms with van der Waals surface area (Å²) >= 11 is 0. The van der Waals surface area contributed by atoms with Crippen LogP contribution in [0.25, 0.3) is 0 Å². The van der Waals surface area contributed by atoms with Gasteiger partial charge in [-0.05, 0) is 30.0 Å². The second-order valence-electron chi connectivity index (χ2n) is 6.95. The lowest BCUT2D eigenvalue weighted by Crippen LogP contribution is -2.45. The molecule has 1 aromatic carbocycles. The van der Waals surface area contributed by atoms with Crippen molar-refractivity contribution < 1.29 is 14.3 Å². The molecule has 25 heavy (non-hydrogen) atoms. The first kappa shape index (κ1) is 18.7. The molecular formula is C19H25N3O3. The van der Waals surface area contributed by atoms with E-state index in [2.05, 4.69) is 10.3 Å². The van der Waals surface area contributed by atoms with Gasteiger partial charge in [0, 0.05) is 12.1 Å². The normalized spacial score (nSPS) is 12.4. The Balaban J connectivity index is 2.04. The topological polar surface area (TPSA) is 86.5 Å². The van der Waals surface area contributed by atoms with E-state index in [1.165, 1.54) is 6.20 Å². The molecule has 0 aliphatic rings. The monoisotopic (exact) mass is 343 g/mol. The van der Waals surface area contributed by atoms with Gasteiger partial charge in [-0.3, -0.25) is 4.79 Å². The molecule has 6 nitrogen and oxygen atoms in total. The largest absolute Gasteiger partial charge is 0.496 e. The first-order chi connectivity index (χ1) is 11.7. The van der Waals surface area contributed by atoms with Crippen LogP contribution in [0.1, 0.15) is 26.3 Å². The maximum absolute atomic E-state index is 12.1. The number of hydrogen-bond donors (Lipinski definition) is 2. The minimum atomic E-state index is -0.608. The number of aryl methyl sites for hydroxylation is 1. The predicted octanol–water partition coefficient (Wildman–Crippen LogP) is 3.50. The van der Waals surface area contributed by atoms with Crippen LogP contribution in [0.2, 0.25) is 0 Å². The molecule has 0 saturated carbocycles. The molecule has 0 saturated heterocycles. The van der Waals surface area contributed by atoms with Crippen molar-refractivity contribution in [3.05, 3.63) is 42.1 Å². The minimum Gasteiger partial charge on any atom is -0.496 e. The van der Waals surface area contributed by atoms with Gasteiger partial charge in [-0.1, -0.05) is 26.8 Å². The van der Waals surface area contributed by atoms with Crippen molar-refractivity contribution in [1.82, 2.24) is 4.98 Å². The van der Waals surface area contributed by atoms with E-state index in [4.69, 9.17) is 15.2 Å². The highest BCUT2D eigenvalue weighted by Gasteiger charge is 2.27. The number of nitrogens with one attached hydrogen (secondary N) is 1. The van der Waals surface area contributed by atoms with Gasteiger partial charge in [-0.2, -0.15) is 0 Å². The van der Waals surface area contributed by atoms with Crippen LogP contribution < -0.4 is 20.5 Å². The van der Waals surface area contributed by atoms with Gasteiger partial charge in [0.1, 0.15) is 11.5 Å². The number of carbonyl (C=O) groups is 1. The first-order valence-corrected chi connectivity index (χ1v) is 8.05. The van der Waals surface area contributed by atoms with Crippen LogP contribution in [0.15, 0.2) is 36.5 Å². The van der Waals surface area contributed by atoms with E-state index in [-0.39, 0.29) is 11.3 Å². The number of nitrogens with zero attached hydrogens (tertiary/aromatic N) is 1. The summed E-state index contributed by atoms with van der Waals surface area (Å²) in [7, 11) is 1.62. The Morgan fingerprint density at radius 1 is 1.24 bits per heavy atom. The Hall–Kier alpha value is -2.60. The zero-order chi connectivity index (χ0) is 18.6. The fourth-order valence-corrected chi connectivity index (χ4v) is 2.11. The average Bonchev–Trinajstić information content (AvgIpc) is 2.56. The molecule has 0 fully saturated rings. The molecule has 6 heteroatoms. The summed E-state index contributed by atoms with van der Waals surface area (Å²) in [6.07, 6.45) is 1.54. The molecule has 0 aliphatic heterocycles. The minimum absolute atomic E-state index is 0.244. The second-order valence-corrected chi connectivity index (χ2v) is 6.95. The Bertz CT molecular complexity index is 737. The second kappa shape index (κ2) is 7.53. The van der Waals surface area contributed by atoms with Gasteiger partial charge in [0.05, 0.1) is 25.0 Å². The van der Waals surface area contributed by atoms with Gasteiger partial charge in [0.25, 0.3) is 0 Å². The highest BCUT2D eigenvalue weighted by Crippen LogP contribution is 2.27. The van der Waals surface area contributed by atoms with Gasteiger partial charge in [0.2, 0.25) is 11.8 Å². The SMILES string of the molecule is COc1cc(Oc2ccc(NC(=O)C(N)C(C)(C)C)cn2)ccc1C. The molecular weight excluding hydrogens is 318 g/mol. The zero-order valence-corrected chi connectivity index (χ0v) is 15.3. The molecule has 3 N–H and O–H groups in total. The van der Waals surface area contributed by atoms with Crippen LogP contribution in [0.5, 0.6) is 17.4 Å². The number of hydrogen-bond acceptors (Lipinski definition) is 5. The zero-order valence-electron chi connectivity index (χ0n) is 15.3. The van der Waals surface area contributed by atoms with Crippen molar-refractivity contribution in [3.8, 4) is 17.4 Å². The standard InChI is InChI=1S/C19H25N3O3/c1-12-6-8-14(10-15(12)24-5)25-16-9-7-13(11-21-16)22-18(23)17(20)19(2,3)4/h6-11,17H,20H2,1-5H3,(H,22,23). The summed E-state index contributed by atoms with van der Waals surface area (Å²) in [6, 6.07) is 8.36. The number of carbonyl (C=O) groups excluding carboxylic acids is 1. The number of amides is 1. The maximum atomic E-state index is 12.1. The van der Waals surface area contributed by atoms with Crippen molar-refractivity contribution in [2.24, 2.45) is 11.1 Å². The quantitative estimate of drug-likeness (QED) is 0.867. The number of ether oxygens (including phenoxy) is 2. The van der Waals surface area contributed by atoms with Gasteiger partial charge < -0.3 is 20.5 Å². The number of nitrogens with two attached hydrogens (primary N) is 1. The molecule has 0 radical (unpaired) electrons. The number of benzene rings is 1. The Morgan fingerprint density at radius 2 is 1.96 bits per heavy atom. The molecule has 1 unspecified atom stereocenters. The third-order valence-corrected chi connectivity index (χ3v) is 3.82. The van der Waals surface area contributed by atoms with Crippen LogP contribution in [0, 0.1) is 12.3 Å². The summed E-state index contributed by atoms with van der Waals surface area (Å²) in [6.45, 7) is 7.72. The molecule has 1 amide bonds. The summed E-state index contributed by atoms with van der Waals surface area (Å²) in [5.41, 5.74) is 7.22. The van der Waals surface area contributed by atoms with E-state index >= 15 is 0 Å².